The summed E-state index contributed by atoms with van der Waals surface area (Å²) in [5, 5.41) is 8.64. The maximum atomic E-state index is 12.1. The minimum absolute atomic E-state index is 0.0845. The molecule has 0 fully saturated rings. The molecule has 0 aliphatic carbocycles. The van der Waals surface area contributed by atoms with Crippen molar-refractivity contribution in [1.29, 1.82) is 0 Å². The van der Waals surface area contributed by atoms with E-state index >= 15 is 0 Å². The maximum absolute atomic E-state index is 12.1. The first-order valence-corrected chi connectivity index (χ1v) is 7.48. The van der Waals surface area contributed by atoms with E-state index < -0.39 is 6.04 Å². The highest BCUT2D eigenvalue weighted by Gasteiger charge is 2.17. The van der Waals surface area contributed by atoms with Crippen LogP contribution in [0.25, 0.3) is 0 Å². The molecule has 120 valence electrons. The zero-order valence-electron chi connectivity index (χ0n) is 13.3. The molecule has 2 rings (SSSR count). The molecule has 0 heterocycles. The van der Waals surface area contributed by atoms with Crippen molar-refractivity contribution in [2.24, 2.45) is 0 Å². The second-order valence-corrected chi connectivity index (χ2v) is 5.26. The van der Waals surface area contributed by atoms with Gasteiger partial charge >= 0.3 is 0 Å². The predicted octanol–water partition coefficient (Wildman–Crippen LogP) is 2.41. The summed E-state index contributed by atoms with van der Waals surface area (Å²) in [4.78, 5) is 23.3. The predicted molar refractivity (Wildman–Crippen MR) is 92.4 cm³/mol. The summed E-state index contributed by atoms with van der Waals surface area (Å²) in [5.74, 6) is -0.215. The average Bonchev–Trinajstić information content (AvgIpc) is 2.54. The van der Waals surface area contributed by atoms with Crippen LogP contribution in [0.2, 0.25) is 0 Å². The molecule has 0 aliphatic rings. The quantitative estimate of drug-likeness (QED) is 0.767. The van der Waals surface area contributed by atoms with E-state index in [2.05, 4.69) is 16.0 Å². The molecule has 0 unspecified atom stereocenters. The van der Waals surface area contributed by atoms with E-state index in [1.807, 2.05) is 48.5 Å². The summed E-state index contributed by atoms with van der Waals surface area (Å²) in [6, 6.07) is 16.8. The lowest BCUT2D eigenvalue weighted by atomic mass is 10.0. The number of carbonyl (C=O) groups excluding carboxylic acids is 2. The lowest BCUT2D eigenvalue weighted by Crippen LogP contribution is -2.39. The van der Waals surface area contributed by atoms with E-state index in [9.17, 15) is 9.59 Å². The van der Waals surface area contributed by atoms with Gasteiger partial charge in [-0.15, -0.1) is 0 Å². The molecule has 2 aromatic carbocycles. The Labute approximate surface area is 136 Å². The van der Waals surface area contributed by atoms with Crippen molar-refractivity contribution in [1.82, 2.24) is 5.32 Å². The SMILES string of the molecule is CNC(=O)[C@H](Cc1ccccc1)Nc1cccc(NC(C)=O)c1. The second kappa shape index (κ2) is 7.98. The van der Waals surface area contributed by atoms with Gasteiger partial charge in [-0.2, -0.15) is 0 Å². The fourth-order valence-electron chi connectivity index (χ4n) is 2.32. The van der Waals surface area contributed by atoms with Gasteiger partial charge in [0.1, 0.15) is 6.04 Å². The van der Waals surface area contributed by atoms with E-state index in [4.69, 9.17) is 0 Å². The van der Waals surface area contributed by atoms with Crippen molar-refractivity contribution in [3.05, 3.63) is 60.2 Å². The van der Waals surface area contributed by atoms with E-state index in [0.717, 1.165) is 11.3 Å². The maximum Gasteiger partial charge on any atom is 0.242 e. The van der Waals surface area contributed by atoms with Crippen molar-refractivity contribution in [2.45, 2.75) is 19.4 Å². The van der Waals surface area contributed by atoms with Gasteiger partial charge in [-0.05, 0) is 23.8 Å². The van der Waals surface area contributed by atoms with Gasteiger partial charge in [0.25, 0.3) is 0 Å². The molecule has 5 heteroatoms. The Bertz CT molecular complexity index is 671. The normalized spacial score (nSPS) is 11.4. The molecule has 0 aliphatic heterocycles. The Morgan fingerprint density at radius 3 is 2.35 bits per heavy atom. The van der Waals surface area contributed by atoms with Crippen LogP contribution in [0.15, 0.2) is 54.6 Å². The van der Waals surface area contributed by atoms with Gasteiger partial charge in [-0.1, -0.05) is 36.4 Å². The Morgan fingerprint density at radius 1 is 1.00 bits per heavy atom. The number of anilines is 2. The smallest absolute Gasteiger partial charge is 0.242 e. The Hall–Kier alpha value is -2.82. The van der Waals surface area contributed by atoms with Gasteiger partial charge in [-0.25, -0.2) is 0 Å². The molecule has 0 radical (unpaired) electrons. The lowest BCUT2D eigenvalue weighted by molar-refractivity contribution is -0.121. The topological polar surface area (TPSA) is 70.2 Å². The van der Waals surface area contributed by atoms with Crippen LogP contribution in [0.5, 0.6) is 0 Å². The number of hydrogen-bond acceptors (Lipinski definition) is 3. The molecule has 5 nitrogen and oxygen atoms in total. The van der Waals surface area contributed by atoms with Crippen molar-refractivity contribution < 1.29 is 9.59 Å². The monoisotopic (exact) mass is 311 g/mol. The first-order valence-electron chi connectivity index (χ1n) is 7.48. The van der Waals surface area contributed by atoms with Gasteiger partial charge in [0.2, 0.25) is 11.8 Å². The lowest BCUT2D eigenvalue weighted by Gasteiger charge is -2.19. The molecule has 2 aromatic rings. The minimum Gasteiger partial charge on any atom is -0.373 e. The van der Waals surface area contributed by atoms with Crippen molar-refractivity contribution >= 4 is 23.2 Å². The molecule has 0 saturated heterocycles. The number of hydrogen-bond donors (Lipinski definition) is 3. The standard InChI is InChI=1S/C18H21N3O2/c1-13(22)20-15-9-6-10-16(12-15)21-17(18(23)19-2)11-14-7-4-3-5-8-14/h3-10,12,17,21H,11H2,1-2H3,(H,19,23)(H,20,22)/t17-/m0/s1. The molecule has 2 amide bonds. The third-order valence-corrected chi connectivity index (χ3v) is 3.37. The van der Waals surface area contributed by atoms with Crippen LogP contribution >= 0.6 is 0 Å². The second-order valence-electron chi connectivity index (χ2n) is 5.26. The first-order chi connectivity index (χ1) is 11.1. The Balaban J connectivity index is 2.14. The minimum atomic E-state index is -0.394. The van der Waals surface area contributed by atoms with Crippen molar-refractivity contribution in [3.63, 3.8) is 0 Å². The summed E-state index contributed by atoms with van der Waals surface area (Å²) >= 11 is 0. The van der Waals surface area contributed by atoms with E-state index in [0.29, 0.717) is 12.1 Å². The highest BCUT2D eigenvalue weighted by molar-refractivity contribution is 5.89. The highest BCUT2D eigenvalue weighted by Crippen LogP contribution is 2.17. The van der Waals surface area contributed by atoms with Gasteiger partial charge < -0.3 is 16.0 Å². The van der Waals surface area contributed by atoms with Crippen molar-refractivity contribution in [2.75, 3.05) is 17.7 Å². The molecule has 3 N–H and O–H groups in total. The van der Waals surface area contributed by atoms with E-state index in [-0.39, 0.29) is 11.8 Å². The van der Waals surface area contributed by atoms with Crippen molar-refractivity contribution in [3.8, 4) is 0 Å². The third-order valence-electron chi connectivity index (χ3n) is 3.37. The van der Waals surface area contributed by atoms with Crippen LogP contribution in [-0.4, -0.2) is 24.9 Å². The number of carbonyl (C=O) groups is 2. The zero-order chi connectivity index (χ0) is 16.7. The van der Waals surface area contributed by atoms with Crippen LogP contribution in [0.4, 0.5) is 11.4 Å². The Kier molecular flexibility index (Phi) is 5.74. The van der Waals surface area contributed by atoms with Crippen LogP contribution in [0.1, 0.15) is 12.5 Å². The van der Waals surface area contributed by atoms with Crippen LogP contribution < -0.4 is 16.0 Å². The molecule has 0 aromatic heterocycles. The number of likely N-dealkylation sites (N-methyl/N-ethyl adjacent to an activating group) is 1. The zero-order valence-corrected chi connectivity index (χ0v) is 13.3. The molecular weight excluding hydrogens is 290 g/mol. The largest absolute Gasteiger partial charge is 0.373 e. The summed E-state index contributed by atoms with van der Waals surface area (Å²) in [7, 11) is 1.62. The summed E-state index contributed by atoms with van der Waals surface area (Å²) < 4.78 is 0. The fraction of sp³-hybridized carbons (Fsp3) is 0.222. The summed E-state index contributed by atoms with van der Waals surface area (Å²) in [6.45, 7) is 1.46. The molecule has 0 bridgehead atoms. The van der Waals surface area contributed by atoms with Gasteiger partial charge in [0.15, 0.2) is 0 Å². The number of benzene rings is 2. The van der Waals surface area contributed by atoms with E-state index in [1.54, 1.807) is 13.1 Å². The Morgan fingerprint density at radius 2 is 1.70 bits per heavy atom. The molecule has 1 atom stereocenters. The van der Waals surface area contributed by atoms with Crippen LogP contribution in [0.3, 0.4) is 0 Å². The van der Waals surface area contributed by atoms with Gasteiger partial charge in [-0.3, -0.25) is 9.59 Å². The average molecular weight is 311 g/mol. The van der Waals surface area contributed by atoms with E-state index in [1.165, 1.54) is 6.92 Å². The summed E-state index contributed by atoms with van der Waals surface area (Å²) in [6.07, 6.45) is 0.574. The number of nitrogens with one attached hydrogen (secondary N) is 3. The number of rotatable bonds is 6. The molecule has 0 saturated carbocycles. The molecular formula is C18H21N3O2. The van der Waals surface area contributed by atoms with Crippen LogP contribution in [-0.2, 0) is 16.0 Å². The molecule has 0 spiro atoms. The third kappa shape index (κ3) is 5.14. The summed E-state index contributed by atoms with van der Waals surface area (Å²) in [5.41, 5.74) is 2.55. The van der Waals surface area contributed by atoms with Gasteiger partial charge in [0, 0.05) is 31.8 Å². The number of amides is 2. The molecule has 23 heavy (non-hydrogen) atoms. The highest BCUT2D eigenvalue weighted by atomic mass is 16.2. The van der Waals surface area contributed by atoms with Gasteiger partial charge in [0.05, 0.1) is 0 Å². The van der Waals surface area contributed by atoms with Crippen LogP contribution in [0, 0.1) is 0 Å². The fourth-order valence-corrected chi connectivity index (χ4v) is 2.32. The first kappa shape index (κ1) is 16.5.